The van der Waals surface area contributed by atoms with E-state index in [0.29, 0.717) is 11.8 Å². The lowest BCUT2D eigenvalue weighted by Crippen LogP contribution is -2.29. The Kier molecular flexibility index (Phi) is 3.91. The minimum Gasteiger partial charge on any atom is -0.346 e. The summed E-state index contributed by atoms with van der Waals surface area (Å²) in [4.78, 5) is 0. The lowest BCUT2D eigenvalue weighted by Gasteiger charge is -2.24. The standard InChI is InChI=1S/C17H23BrN2/c1-11(2)12-6-7-15-14(9-12)16(18)17(20(15)3)13-5-4-8-19-10-13/h6-7,9,11,13,19H,4-5,8,10H2,1-3H3. The Hall–Kier alpha value is -0.800. The second-order valence-corrected chi connectivity index (χ2v) is 7.03. The van der Waals surface area contributed by atoms with Gasteiger partial charge in [-0.2, -0.15) is 0 Å². The fourth-order valence-electron chi connectivity index (χ4n) is 3.33. The van der Waals surface area contributed by atoms with Crippen LogP contribution in [0.25, 0.3) is 10.9 Å². The molecule has 3 rings (SSSR count). The van der Waals surface area contributed by atoms with Gasteiger partial charge in [0.05, 0.1) is 0 Å². The number of aromatic nitrogens is 1. The molecule has 2 aromatic rings. The summed E-state index contributed by atoms with van der Waals surface area (Å²) < 4.78 is 3.67. The van der Waals surface area contributed by atoms with Gasteiger partial charge in [-0.15, -0.1) is 0 Å². The zero-order chi connectivity index (χ0) is 14.3. The quantitative estimate of drug-likeness (QED) is 0.853. The number of fused-ring (bicyclic) bond motifs is 1. The maximum absolute atomic E-state index is 3.87. The number of aryl methyl sites for hydroxylation is 1. The van der Waals surface area contributed by atoms with Crippen molar-refractivity contribution in [2.75, 3.05) is 13.1 Å². The molecule has 108 valence electrons. The Morgan fingerprint density at radius 1 is 1.35 bits per heavy atom. The molecule has 1 N–H and O–H groups in total. The summed E-state index contributed by atoms with van der Waals surface area (Å²) in [5.74, 6) is 1.20. The van der Waals surface area contributed by atoms with E-state index in [1.165, 1.54) is 39.5 Å². The first kappa shape index (κ1) is 14.2. The molecule has 1 aromatic carbocycles. The zero-order valence-corrected chi connectivity index (χ0v) is 14.1. The third-order valence-electron chi connectivity index (χ3n) is 4.55. The van der Waals surface area contributed by atoms with Crippen molar-refractivity contribution in [2.45, 2.75) is 38.5 Å². The maximum Gasteiger partial charge on any atom is 0.0491 e. The summed E-state index contributed by atoms with van der Waals surface area (Å²) in [6, 6.07) is 6.89. The molecule has 1 aromatic heterocycles. The average Bonchev–Trinajstić information content (AvgIpc) is 2.71. The third-order valence-corrected chi connectivity index (χ3v) is 5.39. The summed E-state index contributed by atoms with van der Waals surface area (Å²) in [7, 11) is 2.20. The highest BCUT2D eigenvalue weighted by Gasteiger charge is 2.23. The predicted molar refractivity (Wildman–Crippen MR) is 89.6 cm³/mol. The van der Waals surface area contributed by atoms with E-state index in [4.69, 9.17) is 0 Å². The molecule has 1 aliphatic heterocycles. The van der Waals surface area contributed by atoms with E-state index in [-0.39, 0.29) is 0 Å². The number of piperidine rings is 1. The van der Waals surface area contributed by atoms with E-state index in [2.05, 4.69) is 64.9 Å². The van der Waals surface area contributed by atoms with Gasteiger partial charge in [0.15, 0.2) is 0 Å². The first-order valence-electron chi connectivity index (χ1n) is 7.58. The summed E-state index contributed by atoms with van der Waals surface area (Å²) in [5, 5.41) is 4.89. The van der Waals surface area contributed by atoms with Crippen molar-refractivity contribution in [3.63, 3.8) is 0 Å². The lowest BCUT2D eigenvalue weighted by molar-refractivity contribution is 0.447. The topological polar surface area (TPSA) is 17.0 Å². The number of hydrogen-bond donors (Lipinski definition) is 1. The number of nitrogens with one attached hydrogen (secondary N) is 1. The normalized spacial score (nSPS) is 19.9. The molecule has 2 heterocycles. The Labute approximate surface area is 129 Å². The molecule has 2 nitrogen and oxygen atoms in total. The maximum atomic E-state index is 3.87. The van der Waals surface area contributed by atoms with Crippen molar-refractivity contribution in [3.05, 3.63) is 33.9 Å². The summed E-state index contributed by atoms with van der Waals surface area (Å²) in [6.07, 6.45) is 2.56. The molecular weight excluding hydrogens is 312 g/mol. The number of rotatable bonds is 2. The third kappa shape index (κ3) is 2.31. The van der Waals surface area contributed by atoms with Gasteiger partial charge in [-0.3, -0.25) is 0 Å². The van der Waals surface area contributed by atoms with Crippen LogP contribution in [0, 0.1) is 0 Å². The molecule has 0 amide bonds. The van der Waals surface area contributed by atoms with Crippen LogP contribution in [0.2, 0.25) is 0 Å². The fraction of sp³-hybridized carbons (Fsp3) is 0.529. The fourth-order valence-corrected chi connectivity index (χ4v) is 4.24. The average molecular weight is 335 g/mol. The van der Waals surface area contributed by atoms with Crippen LogP contribution in [-0.2, 0) is 7.05 Å². The van der Waals surface area contributed by atoms with Crippen LogP contribution in [0.4, 0.5) is 0 Å². The largest absolute Gasteiger partial charge is 0.346 e. The minimum atomic E-state index is 0.575. The highest BCUT2D eigenvalue weighted by molar-refractivity contribution is 9.10. The van der Waals surface area contributed by atoms with Gasteiger partial charge in [-0.25, -0.2) is 0 Å². The van der Waals surface area contributed by atoms with E-state index in [1.54, 1.807) is 0 Å². The van der Waals surface area contributed by atoms with Gasteiger partial charge in [-0.05, 0) is 58.9 Å². The molecule has 1 saturated heterocycles. The number of nitrogens with zero attached hydrogens (tertiary/aromatic N) is 1. The van der Waals surface area contributed by atoms with E-state index in [0.717, 1.165) is 13.1 Å². The smallest absolute Gasteiger partial charge is 0.0491 e. The van der Waals surface area contributed by atoms with E-state index >= 15 is 0 Å². The van der Waals surface area contributed by atoms with Gasteiger partial charge >= 0.3 is 0 Å². The van der Waals surface area contributed by atoms with E-state index in [1.807, 2.05) is 0 Å². The van der Waals surface area contributed by atoms with Crippen molar-refractivity contribution in [2.24, 2.45) is 7.05 Å². The summed E-state index contributed by atoms with van der Waals surface area (Å²) in [6.45, 7) is 6.77. The second kappa shape index (κ2) is 5.53. The van der Waals surface area contributed by atoms with E-state index in [9.17, 15) is 0 Å². The Morgan fingerprint density at radius 2 is 2.15 bits per heavy atom. The monoisotopic (exact) mass is 334 g/mol. The molecule has 0 saturated carbocycles. The molecule has 1 fully saturated rings. The van der Waals surface area contributed by atoms with E-state index < -0.39 is 0 Å². The molecule has 0 bridgehead atoms. The zero-order valence-electron chi connectivity index (χ0n) is 12.5. The SMILES string of the molecule is CC(C)c1ccc2c(c1)c(Br)c(C1CCCNC1)n2C. The van der Waals surface area contributed by atoms with Crippen molar-refractivity contribution in [3.8, 4) is 0 Å². The Bertz CT molecular complexity index is 621. The van der Waals surface area contributed by atoms with Crippen molar-refractivity contribution >= 4 is 26.8 Å². The molecule has 0 spiro atoms. The van der Waals surface area contributed by atoms with Crippen LogP contribution in [-0.4, -0.2) is 17.7 Å². The van der Waals surface area contributed by atoms with Gasteiger partial charge < -0.3 is 9.88 Å². The molecule has 20 heavy (non-hydrogen) atoms. The first-order valence-corrected chi connectivity index (χ1v) is 8.37. The van der Waals surface area contributed by atoms with Crippen LogP contribution in [0.3, 0.4) is 0 Å². The minimum absolute atomic E-state index is 0.575. The van der Waals surface area contributed by atoms with Crippen molar-refractivity contribution < 1.29 is 0 Å². The van der Waals surface area contributed by atoms with Crippen molar-refractivity contribution in [1.82, 2.24) is 9.88 Å². The van der Waals surface area contributed by atoms with Crippen LogP contribution < -0.4 is 5.32 Å². The highest BCUT2D eigenvalue weighted by atomic mass is 79.9. The molecule has 1 atom stereocenters. The van der Waals surface area contributed by atoms with Gasteiger partial charge in [0.1, 0.15) is 0 Å². The van der Waals surface area contributed by atoms with Gasteiger partial charge in [-0.1, -0.05) is 19.9 Å². The Morgan fingerprint density at radius 3 is 2.80 bits per heavy atom. The molecule has 1 aliphatic rings. The number of halogens is 1. The molecule has 1 unspecified atom stereocenters. The van der Waals surface area contributed by atoms with Crippen LogP contribution in [0.5, 0.6) is 0 Å². The van der Waals surface area contributed by atoms with Crippen LogP contribution in [0.1, 0.15) is 49.8 Å². The van der Waals surface area contributed by atoms with Gasteiger partial charge in [0, 0.05) is 40.6 Å². The van der Waals surface area contributed by atoms with Gasteiger partial charge in [0.2, 0.25) is 0 Å². The Balaban J connectivity index is 2.13. The number of benzene rings is 1. The van der Waals surface area contributed by atoms with Gasteiger partial charge in [0.25, 0.3) is 0 Å². The van der Waals surface area contributed by atoms with Crippen LogP contribution in [0.15, 0.2) is 22.7 Å². The second-order valence-electron chi connectivity index (χ2n) is 6.23. The first-order chi connectivity index (χ1) is 9.59. The van der Waals surface area contributed by atoms with Crippen LogP contribution >= 0.6 is 15.9 Å². The summed E-state index contributed by atoms with van der Waals surface area (Å²) >= 11 is 3.87. The highest BCUT2D eigenvalue weighted by Crippen LogP contribution is 2.38. The molecule has 0 aliphatic carbocycles. The molecule has 0 radical (unpaired) electrons. The molecule has 3 heteroatoms. The summed E-state index contributed by atoms with van der Waals surface area (Å²) in [5.41, 5.74) is 4.20. The van der Waals surface area contributed by atoms with Crippen molar-refractivity contribution in [1.29, 1.82) is 0 Å². The number of hydrogen-bond acceptors (Lipinski definition) is 1. The lowest BCUT2D eigenvalue weighted by atomic mass is 9.96. The predicted octanol–water partition coefficient (Wildman–Crippen LogP) is 4.53. The molecular formula is C17H23BrN2.